The number of carbonyl (C=O) groups is 1. The van der Waals surface area contributed by atoms with E-state index in [1.807, 2.05) is 0 Å². The number of urea groups is 1. The topological polar surface area (TPSA) is 55.1 Å². The molecule has 0 saturated heterocycles. The maximum Gasteiger partial charge on any atom is 0.312 e. The lowest BCUT2D eigenvalue weighted by molar-refractivity contribution is 0.248. The SMILES string of the molecule is NC(=O)NCc1ccc2c(c1)CCC2. The van der Waals surface area contributed by atoms with Gasteiger partial charge in [-0.2, -0.15) is 0 Å². The first kappa shape index (κ1) is 9.06. The molecule has 2 rings (SSSR count). The van der Waals surface area contributed by atoms with Gasteiger partial charge in [-0.3, -0.25) is 0 Å². The van der Waals surface area contributed by atoms with Crippen molar-refractivity contribution in [3.05, 3.63) is 34.9 Å². The van der Waals surface area contributed by atoms with E-state index in [1.54, 1.807) is 0 Å². The van der Waals surface area contributed by atoms with Gasteiger partial charge in [0.15, 0.2) is 0 Å². The summed E-state index contributed by atoms with van der Waals surface area (Å²) in [4.78, 5) is 10.5. The standard InChI is InChI=1S/C11H14N2O/c12-11(14)13-7-8-4-5-9-2-1-3-10(9)6-8/h4-6H,1-3,7H2,(H3,12,13,14). The molecule has 3 heteroatoms. The van der Waals surface area contributed by atoms with E-state index in [9.17, 15) is 4.79 Å². The summed E-state index contributed by atoms with van der Waals surface area (Å²) in [7, 11) is 0. The molecule has 0 radical (unpaired) electrons. The number of fused-ring (bicyclic) bond motifs is 1. The number of carbonyl (C=O) groups excluding carboxylic acids is 1. The van der Waals surface area contributed by atoms with E-state index in [-0.39, 0.29) is 0 Å². The molecule has 2 amide bonds. The molecule has 0 unspecified atom stereocenters. The quantitative estimate of drug-likeness (QED) is 0.726. The van der Waals surface area contributed by atoms with Crippen molar-refractivity contribution in [3.8, 4) is 0 Å². The molecule has 3 N–H and O–H groups in total. The van der Waals surface area contributed by atoms with E-state index in [0.717, 1.165) is 5.56 Å². The highest BCUT2D eigenvalue weighted by molar-refractivity contribution is 5.71. The van der Waals surface area contributed by atoms with Crippen LogP contribution in [0.1, 0.15) is 23.1 Å². The van der Waals surface area contributed by atoms with E-state index in [0.29, 0.717) is 6.54 Å². The van der Waals surface area contributed by atoms with Crippen molar-refractivity contribution in [3.63, 3.8) is 0 Å². The molecule has 14 heavy (non-hydrogen) atoms. The van der Waals surface area contributed by atoms with Crippen molar-refractivity contribution in [2.45, 2.75) is 25.8 Å². The molecule has 0 heterocycles. The van der Waals surface area contributed by atoms with Crippen LogP contribution in [0.5, 0.6) is 0 Å². The Balaban J connectivity index is 2.09. The van der Waals surface area contributed by atoms with Crippen molar-refractivity contribution < 1.29 is 4.79 Å². The Labute approximate surface area is 83.3 Å². The van der Waals surface area contributed by atoms with Crippen molar-refractivity contribution in [1.29, 1.82) is 0 Å². The number of aryl methyl sites for hydroxylation is 2. The first-order chi connectivity index (χ1) is 6.75. The number of hydrogen-bond acceptors (Lipinski definition) is 1. The zero-order chi connectivity index (χ0) is 9.97. The van der Waals surface area contributed by atoms with Gasteiger partial charge in [0.25, 0.3) is 0 Å². The molecule has 0 saturated carbocycles. The molecule has 1 aliphatic rings. The summed E-state index contributed by atoms with van der Waals surface area (Å²) in [5.41, 5.74) is 9.01. The second kappa shape index (κ2) is 3.70. The minimum atomic E-state index is -0.467. The van der Waals surface area contributed by atoms with Gasteiger partial charge in [-0.1, -0.05) is 18.2 Å². The number of nitrogens with one attached hydrogen (secondary N) is 1. The number of amides is 2. The smallest absolute Gasteiger partial charge is 0.312 e. The fourth-order valence-corrected chi connectivity index (χ4v) is 1.92. The molecule has 1 aliphatic carbocycles. The fraction of sp³-hybridized carbons (Fsp3) is 0.364. The summed E-state index contributed by atoms with van der Waals surface area (Å²) in [5.74, 6) is 0. The van der Waals surface area contributed by atoms with Crippen LogP contribution in [0.4, 0.5) is 4.79 Å². The molecular weight excluding hydrogens is 176 g/mol. The second-order valence-corrected chi connectivity index (χ2v) is 3.67. The number of primary amides is 1. The summed E-state index contributed by atoms with van der Waals surface area (Å²) in [6.45, 7) is 0.530. The Morgan fingerprint density at radius 1 is 1.36 bits per heavy atom. The van der Waals surface area contributed by atoms with E-state index in [1.165, 1.54) is 30.4 Å². The maximum absolute atomic E-state index is 10.5. The molecule has 0 bridgehead atoms. The van der Waals surface area contributed by atoms with Crippen molar-refractivity contribution >= 4 is 6.03 Å². The van der Waals surface area contributed by atoms with Gasteiger partial charge in [-0.15, -0.1) is 0 Å². The molecule has 0 fully saturated rings. The summed E-state index contributed by atoms with van der Waals surface area (Å²) in [6.07, 6.45) is 3.61. The summed E-state index contributed by atoms with van der Waals surface area (Å²) >= 11 is 0. The van der Waals surface area contributed by atoms with Crippen LogP contribution in [0, 0.1) is 0 Å². The van der Waals surface area contributed by atoms with Crippen LogP contribution in [-0.2, 0) is 19.4 Å². The molecule has 0 spiro atoms. The first-order valence-electron chi connectivity index (χ1n) is 4.90. The average Bonchev–Trinajstić information content (AvgIpc) is 2.61. The highest BCUT2D eigenvalue weighted by Gasteiger charge is 2.10. The Morgan fingerprint density at radius 2 is 2.14 bits per heavy atom. The van der Waals surface area contributed by atoms with Gasteiger partial charge in [0.2, 0.25) is 0 Å². The van der Waals surface area contributed by atoms with Crippen LogP contribution < -0.4 is 11.1 Å². The minimum Gasteiger partial charge on any atom is -0.352 e. The van der Waals surface area contributed by atoms with E-state index >= 15 is 0 Å². The summed E-state index contributed by atoms with van der Waals surface area (Å²) in [5, 5.41) is 2.59. The molecule has 0 atom stereocenters. The Kier molecular flexibility index (Phi) is 2.39. The second-order valence-electron chi connectivity index (χ2n) is 3.67. The van der Waals surface area contributed by atoms with Crippen molar-refractivity contribution in [2.75, 3.05) is 0 Å². The zero-order valence-electron chi connectivity index (χ0n) is 8.05. The lowest BCUT2D eigenvalue weighted by Crippen LogP contribution is -2.28. The van der Waals surface area contributed by atoms with Crippen LogP contribution >= 0.6 is 0 Å². The molecule has 0 aromatic heterocycles. The molecule has 74 valence electrons. The number of hydrogen-bond donors (Lipinski definition) is 2. The lowest BCUT2D eigenvalue weighted by Gasteiger charge is -2.04. The van der Waals surface area contributed by atoms with Gasteiger partial charge in [-0.05, 0) is 36.0 Å². The molecule has 1 aromatic carbocycles. The molecule has 3 nitrogen and oxygen atoms in total. The van der Waals surface area contributed by atoms with E-state index in [2.05, 4.69) is 23.5 Å². The predicted octanol–water partition coefficient (Wildman–Crippen LogP) is 1.34. The first-order valence-corrected chi connectivity index (χ1v) is 4.90. The van der Waals surface area contributed by atoms with Gasteiger partial charge in [0.1, 0.15) is 0 Å². The summed E-state index contributed by atoms with van der Waals surface area (Å²) in [6, 6.07) is 5.91. The van der Waals surface area contributed by atoms with Gasteiger partial charge in [0.05, 0.1) is 0 Å². The number of benzene rings is 1. The van der Waals surface area contributed by atoms with Gasteiger partial charge < -0.3 is 11.1 Å². The van der Waals surface area contributed by atoms with Gasteiger partial charge in [0, 0.05) is 6.54 Å². The molecule has 0 aliphatic heterocycles. The van der Waals surface area contributed by atoms with Crippen molar-refractivity contribution in [1.82, 2.24) is 5.32 Å². The normalized spacial score (nSPS) is 13.7. The molecular formula is C11H14N2O. The molecule has 1 aromatic rings. The van der Waals surface area contributed by atoms with Crippen LogP contribution in [-0.4, -0.2) is 6.03 Å². The Bertz CT molecular complexity index is 360. The largest absolute Gasteiger partial charge is 0.352 e. The van der Waals surface area contributed by atoms with Crippen LogP contribution in [0.25, 0.3) is 0 Å². The average molecular weight is 190 g/mol. The van der Waals surface area contributed by atoms with E-state index < -0.39 is 6.03 Å². The summed E-state index contributed by atoms with van der Waals surface area (Å²) < 4.78 is 0. The minimum absolute atomic E-state index is 0.467. The Hall–Kier alpha value is -1.51. The van der Waals surface area contributed by atoms with Gasteiger partial charge >= 0.3 is 6.03 Å². The predicted molar refractivity (Wildman–Crippen MR) is 54.9 cm³/mol. The lowest BCUT2D eigenvalue weighted by atomic mass is 10.1. The maximum atomic E-state index is 10.5. The number of rotatable bonds is 2. The third kappa shape index (κ3) is 1.87. The Morgan fingerprint density at radius 3 is 2.93 bits per heavy atom. The monoisotopic (exact) mass is 190 g/mol. The number of nitrogens with two attached hydrogens (primary N) is 1. The van der Waals surface area contributed by atoms with Gasteiger partial charge in [-0.25, -0.2) is 4.79 Å². The highest BCUT2D eigenvalue weighted by Crippen LogP contribution is 2.22. The van der Waals surface area contributed by atoms with Crippen LogP contribution in [0.15, 0.2) is 18.2 Å². The zero-order valence-corrected chi connectivity index (χ0v) is 8.05. The third-order valence-corrected chi connectivity index (χ3v) is 2.63. The van der Waals surface area contributed by atoms with E-state index in [4.69, 9.17) is 5.73 Å². The van der Waals surface area contributed by atoms with Crippen molar-refractivity contribution in [2.24, 2.45) is 5.73 Å². The van der Waals surface area contributed by atoms with Crippen LogP contribution in [0.3, 0.4) is 0 Å². The third-order valence-electron chi connectivity index (χ3n) is 2.63. The fourth-order valence-electron chi connectivity index (χ4n) is 1.92. The van der Waals surface area contributed by atoms with Crippen LogP contribution in [0.2, 0.25) is 0 Å². The highest BCUT2D eigenvalue weighted by atomic mass is 16.2.